The first kappa shape index (κ1) is 9.51. The van der Waals surface area contributed by atoms with Crippen LogP contribution in [-0.2, 0) is 0 Å². The minimum absolute atomic E-state index is 0.653. The van der Waals surface area contributed by atoms with Gasteiger partial charge >= 0.3 is 0 Å². The molecule has 0 spiro atoms. The van der Waals surface area contributed by atoms with Gasteiger partial charge in [0.2, 0.25) is 0 Å². The molecule has 1 aromatic carbocycles. The normalized spacial score (nSPS) is 9.07. The van der Waals surface area contributed by atoms with Gasteiger partial charge in [-0.05, 0) is 24.1 Å². The van der Waals surface area contributed by atoms with Crippen LogP contribution >= 0.6 is 11.3 Å². The fourth-order valence-corrected chi connectivity index (χ4v) is 2.01. The zero-order valence-electron chi connectivity index (χ0n) is 7.94. The first-order valence-electron chi connectivity index (χ1n) is 4.18. The van der Waals surface area contributed by atoms with Crippen LogP contribution in [0.15, 0.2) is 18.2 Å². The molecular formula is C11H6N2OS. The number of ether oxygens (including phenoxy) is 1. The van der Waals surface area contributed by atoms with Crippen molar-refractivity contribution in [2.45, 2.75) is 0 Å². The molecule has 0 saturated heterocycles. The molecule has 1 heterocycles. The highest BCUT2D eigenvalue weighted by Gasteiger charge is 2.02. The van der Waals surface area contributed by atoms with E-state index in [0.29, 0.717) is 5.01 Å². The molecular weight excluding hydrogens is 208 g/mol. The van der Waals surface area contributed by atoms with E-state index in [-0.39, 0.29) is 0 Å². The Bertz CT molecular complexity index is 598. The number of aromatic nitrogens is 1. The number of methoxy groups -OCH3 is 1. The molecule has 0 bridgehead atoms. The molecule has 15 heavy (non-hydrogen) atoms. The second-order valence-electron chi connectivity index (χ2n) is 2.71. The van der Waals surface area contributed by atoms with E-state index in [9.17, 15) is 0 Å². The molecule has 2 rings (SSSR count). The van der Waals surface area contributed by atoms with Crippen LogP contribution in [-0.4, -0.2) is 12.1 Å². The third-order valence-electron chi connectivity index (χ3n) is 1.82. The molecule has 0 fully saturated rings. The molecule has 4 heteroatoms. The monoisotopic (exact) mass is 214 g/mol. The summed E-state index contributed by atoms with van der Waals surface area (Å²) in [5.41, 5.74) is 0.878. The molecule has 0 radical (unpaired) electrons. The molecule has 0 N–H and O–H groups in total. The first-order chi connectivity index (χ1) is 7.33. The molecule has 0 aliphatic carbocycles. The number of rotatable bonds is 1. The third-order valence-corrected chi connectivity index (χ3v) is 2.75. The summed E-state index contributed by atoms with van der Waals surface area (Å²) in [6.45, 7) is 0. The molecule has 0 saturated carbocycles. The third kappa shape index (κ3) is 1.90. The molecule has 3 nitrogen and oxygen atoms in total. The van der Waals surface area contributed by atoms with Crippen molar-refractivity contribution in [3.05, 3.63) is 23.2 Å². The van der Waals surface area contributed by atoms with Crippen LogP contribution in [0.2, 0.25) is 0 Å². The summed E-state index contributed by atoms with van der Waals surface area (Å²) >= 11 is 1.45. The quantitative estimate of drug-likeness (QED) is 0.683. The minimum atomic E-state index is 0.653. The second kappa shape index (κ2) is 4.00. The SMILES string of the molecule is COc1ccc2nc(C#CC#N)sc2c1. The maximum Gasteiger partial charge on any atom is 0.169 e. The van der Waals surface area contributed by atoms with Crippen LogP contribution in [0.25, 0.3) is 10.2 Å². The van der Waals surface area contributed by atoms with Gasteiger partial charge in [0.25, 0.3) is 0 Å². The Kier molecular flexibility index (Phi) is 2.53. The van der Waals surface area contributed by atoms with E-state index < -0.39 is 0 Å². The van der Waals surface area contributed by atoms with Gasteiger partial charge in [0, 0.05) is 5.92 Å². The molecule has 0 unspecified atom stereocenters. The van der Waals surface area contributed by atoms with Crippen LogP contribution in [0.1, 0.15) is 5.01 Å². The van der Waals surface area contributed by atoms with Gasteiger partial charge in [-0.25, -0.2) is 4.98 Å². The van der Waals surface area contributed by atoms with Gasteiger partial charge in [-0.3, -0.25) is 0 Å². The van der Waals surface area contributed by atoms with E-state index >= 15 is 0 Å². The highest BCUT2D eigenvalue weighted by atomic mass is 32.1. The lowest BCUT2D eigenvalue weighted by molar-refractivity contribution is 0.415. The largest absolute Gasteiger partial charge is 0.497 e. The van der Waals surface area contributed by atoms with E-state index in [1.165, 1.54) is 11.3 Å². The van der Waals surface area contributed by atoms with Crippen molar-refractivity contribution < 1.29 is 4.74 Å². The van der Waals surface area contributed by atoms with Gasteiger partial charge in [0.1, 0.15) is 5.75 Å². The summed E-state index contributed by atoms with van der Waals surface area (Å²) in [7, 11) is 1.62. The summed E-state index contributed by atoms with van der Waals surface area (Å²) in [6.07, 6.45) is 0. The first-order valence-corrected chi connectivity index (χ1v) is 5.00. The van der Waals surface area contributed by atoms with Gasteiger partial charge in [0.05, 0.1) is 17.3 Å². The minimum Gasteiger partial charge on any atom is -0.497 e. The number of hydrogen-bond acceptors (Lipinski definition) is 4. The average Bonchev–Trinajstić information content (AvgIpc) is 2.67. The maximum atomic E-state index is 8.32. The van der Waals surface area contributed by atoms with Crippen LogP contribution in [0.4, 0.5) is 0 Å². The Morgan fingerprint density at radius 3 is 3.07 bits per heavy atom. The Balaban J connectivity index is 2.52. The van der Waals surface area contributed by atoms with Crippen molar-refractivity contribution in [1.29, 1.82) is 5.26 Å². The van der Waals surface area contributed by atoms with Crippen molar-refractivity contribution in [2.24, 2.45) is 0 Å². The van der Waals surface area contributed by atoms with E-state index in [1.807, 2.05) is 18.2 Å². The highest BCUT2D eigenvalue weighted by molar-refractivity contribution is 7.19. The van der Waals surface area contributed by atoms with E-state index in [0.717, 1.165) is 16.0 Å². The Morgan fingerprint density at radius 1 is 1.47 bits per heavy atom. The maximum absolute atomic E-state index is 8.32. The summed E-state index contributed by atoms with van der Waals surface area (Å²) in [6, 6.07) is 7.40. The summed E-state index contributed by atoms with van der Waals surface area (Å²) in [4.78, 5) is 4.26. The van der Waals surface area contributed by atoms with Gasteiger partial charge in [-0.15, -0.1) is 11.3 Å². The summed E-state index contributed by atoms with van der Waals surface area (Å²) in [5.74, 6) is 5.80. The van der Waals surface area contributed by atoms with Crippen LogP contribution in [0, 0.1) is 23.2 Å². The average molecular weight is 214 g/mol. The number of benzene rings is 1. The van der Waals surface area contributed by atoms with Crippen molar-refractivity contribution >= 4 is 21.6 Å². The van der Waals surface area contributed by atoms with Gasteiger partial charge in [-0.1, -0.05) is 0 Å². The van der Waals surface area contributed by atoms with Crippen molar-refractivity contribution in [3.63, 3.8) is 0 Å². The van der Waals surface area contributed by atoms with Gasteiger partial charge in [0.15, 0.2) is 11.1 Å². The molecule has 0 aliphatic rings. The molecule has 0 aliphatic heterocycles. The molecule has 2 aromatic rings. The van der Waals surface area contributed by atoms with Crippen LogP contribution in [0.5, 0.6) is 5.75 Å². The highest BCUT2D eigenvalue weighted by Crippen LogP contribution is 2.25. The van der Waals surface area contributed by atoms with Crippen molar-refractivity contribution in [3.8, 4) is 23.7 Å². The van der Waals surface area contributed by atoms with Crippen molar-refractivity contribution in [2.75, 3.05) is 7.11 Å². The van der Waals surface area contributed by atoms with E-state index in [4.69, 9.17) is 10.00 Å². The van der Waals surface area contributed by atoms with Crippen molar-refractivity contribution in [1.82, 2.24) is 4.98 Å². The number of thiazole rings is 1. The lowest BCUT2D eigenvalue weighted by Gasteiger charge is -1.96. The lowest BCUT2D eigenvalue weighted by Crippen LogP contribution is -1.80. The fraction of sp³-hybridized carbons (Fsp3) is 0.0909. The zero-order chi connectivity index (χ0) is 10.7. The second-order valence-corrected chi connectivity index (χ2v) is 3.75. The van der Waals surface area contributed by atoms with Crippen LogP contribution < -0.4 is 4.74 Å². The molecule has 1 aromatic heterocycles. The van der Waals surface area contributed by atoms with Crippen LogP contribution in [0.3, 0.4) is 0 Å². The summed E-state index contributed by atoms with van der Waals surface area (Å²) in [5, 5.41) is 8.97. The Hall–Kier alpha value is -2.04. The fourth-order valence-electron chi connectivity index (χ4n) is 1.17. The molecule has 0 amide bonds. The number of nitrogens with zero attached hydrogens (tertiary/aromatic N) is 2. The number of fused-ring (bicyclic) bond motifs is 1. The summed E-state index contributed by atoms with van der Waals surface area (Å²) < 4.78 is 6.11. The van der Waals surface area contributed by atoms with E-state index in [1.54, 1.807) is 13.2 Å². The Morgan fingerprint density at radius 2 is 2.33 bits per heavy atom. The zero-order valence-corrected chi connectivity index (χ0v) is 8.76. The number of hydrogen-bond donors (Lipinski definition) is 0. The molecule has 72 valence electrons. The van der Waals surface area contributed by atoms with Gasteiger partial charge < -0.3 is 4.74 Å². The predicted molar refractivity (Wildman–Crippen MR) is 58.7 cm³/mol. The van der Waals surface area contributed by atoms with E-state index in [2.05, 4.69) is 16.8 Å². The standard InChI is InChI=1S/C11H6N2OS/c1-14-8-4-5-9-10(7-8)15-11(13-9)3-2-6-12/h4-5,7H,1H3. The lowest BCUT2D eigenvalue weighted by atomic mass is 10.3. The Labute approximate surface area is 90.9 Å². The smallest absolute Gasteiger partial charge is 0.169 e. The topological polar surface area (TPSA) is 45.9 Å². The number of nitriles is 1. The van der Waals surface area contributed by atoms with Gasteiger partial charge in [-0.2, -0.15) is 5.26 Å². The molecule has 0 atom stereocenters. The predicted octanol–water partition coefficient (Wildman–Crippen LogP) is 2.18.